The monoisotopic (exact) mass is 267 g/mol. The summed E-state index contributed by atoms with van der Waals surface area (Å²) >= 11 is 0. The van der Waals surface area contributed by atoms with Gasteiger partial charge >= 0.3 is 0 Å². The van der Waals surface area contributed by atoms with Crippen LogP contribution in [-0.2, 0) is 4.74 Å². The maximum atomic E-state index is 6.22. The van der Waals surface area contributed by atoms with Gasteiger partial charge in [-0.1, -0.05) is 33.1 Å². The summed E-state index contributed by atoms with van der Waals surface area (Å²) < 4.78 is 6.22. The molecule has 2 aliphatic rings. The molecule has 2 atom stereocenters. The van der Waals surface area contributed by atoms with Crippen molar-refractivity contribution in [2.24, 2.45) is 11.8 Å². The minimum Gasteiger partial charge on any atom is -0.374 e. The Morgan fingerprint density at radius 3 is 2.42 bits per heavy atom. The predicted molar refractivity (Wildman–Crippen MR) is 81.4 cm³/mol. The Balaban J connectivity index is 1.99. The van der Waals surface area contributed by atoms with E-state index in [1.807, 2.05) is 0 Å². The predicted octanol–water partition coefficient (Wildman–Crippen LogP) is 4.14. The van der Waals surface area contributed by atoms with Gasteiger partial charge in [0.2, 0.25) is 0 Å². The van der Waals surface area contributed by atoms with Gasteiger partial charge in [-0.15, -0.1) is 0 Å². The van der Waals surface area contributed by atoms with Crippen molar-refractivity contribution >= 4 is 0 Å². The first kappa shape index (κ1) is 15.3. The lowest BCUT2D eigenvalue weighted by Gasteiger charge is -2.46. The van der Waals surface area contributed by atoms with E-state index in [9.17, 15) is 0 Å². The zero-order valence-electron chi connectivity index (χ0n) is 13.2. The van der Waals surface area contributed by atoms with Crippen molar-refractivity contribution in [2.45, 2.75) is 83.8 Å². The highest BCUT2D eigenvalue weighted by Gasteiger charge is 2.41. The third-order valence-electron chi connectivity index (χ3n) is 5.52. The molecule has 1 N–H and O–H groups in total. The van der Waals surface area contributed by atoms with Crippen LogP contribution in [0.4, 0.5) is 0 Å². The summed E-state index contributed by atoms with van der Waals surface area (Å²) in [5.74, 6) is 1.81. The number of nitrogens with one attached hydrogen (secondary N) is 1. The van der Waals surface area contributed by atoms with Crippen molar-refractivity contribution in [3.05, 3.63) is 0 Å². The highest BCUT2D eigenvalue weighted by Crippen LogP contribution is 2.39. The van der Waals surface area contributed by atoms with Crippen LogP contribution in [0.5, 0.6) is 0 Å². The first-order valence-corrected chi connectivity index (χ1v) is 8.57. The number of hydrogen-bond acceptors (Lipinski definition) is 2. The average molecular weight is 267 g/mol. The molecule has 0 aromatic rings. The highest BCUT2D eigenvalue weighted by atomic mass is 16.5. The molecule has 2 heteroatoms. The van der Waals surface area contributed by atoms with Crippen LogP contribution in [0.15, 0.2) is 0 Å². The van der Waals surface area contributed by atoms with E-state index in [1.54, 1.807) is 0 Å². The molecule has 0 amide bonds. The summed E-state index contributed by atoms with van der Waals surface area (Å²) in [7, 11) is 0. The molecule has 2 nitrogen and oxygen atoms in total. The molecule has 0 bridgehead atoms. The molecule has 1 aliphatic carbocycles. The Bertz CT molecular complexity index is 252. The maximum absolute atomic E-state index is 6.22. The van der Waals surface area contributed by atoms with Gasteiger partial charge in [0, 0.05) is 12.6 Å². The van der Waals surface area contributed by atoms with Crippen LogP contribution in [0.1, 0.15) is 72.1 Å². The molecule has 1 heterocycles. The fraction of sp³-hybridized carbons (Fsp3) is 1.00. The molecule has 1 saturated heterocycles. The second-order valence-corrected chi connectivity index (χ2v) is 6.84. The minimum atomic E-state index is 0.0813. The van der Waals surface area contributed by atoms with Crippen LogP contribution in [0, 0.1) is 11.8 Å². The molecule has 0 radical (unpaired) electrons. The van der Waals surface area contributed by atoms with Crippen LogP contribution >= 0.6 is 0 Å². The highest BCUT2D eigenvalue weighted by molar-refractivity contribution is 4.96. The number of hydrogen-bond donors (Lipinski definition) is 1. The SMILES string of the molecule is CCNC(C1CCC(CC)CC1)C1(C)CCCCO1. The van der Waals surface area contributed by atoms with Crippen molar-refractivity contribution < 1.29 is 4.74 Å². The van der Waals surface area contributed by atoms with E-state index in [4.69, 9.17) is 4.74 Å². The van der Waals surface area contributed by atoms with E-state index in [1.165, 1.54) is 51.4 Å². The first-order chi connectivity index (χ1) is 9.19. The maximum Gasteiger partial charge on any atom is 0.0809 e. The van der Waals surface area contributed by atoms with Crippen molar-refractivity contribution in [1.82, 2.24) is 5.32 Å². The quantitative estimate of drug-likeness (QED) is 0.808. The van der Waals surface area contributed by atoms with Gasteiger partial charge in [-0.3, -0.25) is 0 Å². The van der Waals surface area contributed by atoms with E-state index in [2.05, 4.69) is 26.1 Å². The lowest BCUT2D eigenvalue weighted by atomic mass is 9.72. The Hall–Kier alpha value is -0.0800. The third-order valence-corrected chi connectivity index (χ3v) is 5.52. The summed E-state index contributed by atoms with van der Waals surface area (Å²) in [6.07, 6.45) is 10.8. The van der Waals surface area contributed by atoms with Gasteiger partial charge in [0.05, 0.1) is 5.60 Å². The molecule has 1 aliphatic heterocycles. The van der Waals surface area contributed by atoms with Crippen molar-refractivity contribution in [1.29, 1.82) is 0 Å². The Morgan fingerprint density at radius 2 is 1.89 bits per heavy atom. The number of rotatable bonds is 5. The second kappa shape index (κ2) is 7.08. The van der Waals surface area contributed by atoms with E-state index in [-0.39, 0.29) is 5.60 Å². The Labute approximate surface area is 119 Å². The van der Waals surface area contributed by atoms with E-state index in [0.717, 1.165) is 25.0 Å². The molecular formula is C17H33NO. The summed E-state index contributed by atoms with van der Waals surface area (Å²) in [5.41, 5.74) is 0.0813. The Morgan fingerprint density at radius 1 is 1.16 bits per heavy atom. The molecule has 2 unspecified atom stereocenters. The van der Waals surface area contributed by atoms with Crippen LogP contribution < -0.4 is 5.32 Å². The molecule has 112 valence electrons. The molecule has 2 fully saturated rings. The van der Waals surface area contributed by atoms with Gasteiger partial charge in [0.15, 0.2) is 0 Å². The molecule has 2 rings (SSSR count). The zero-order chi connectivity index (χ0) is 13.7. The zero-order valence-corrected chi connectivity index (χ0v) is 13.2. The van der Waals surface area contributed by atoms with Gasteiger partial charge in [-0.2, -0.15) is 0 Å². The normalized spacial score (nSPS) is 38.1. The minimum absolute atomic E-state index is 0.0813. The van der Waals surface area contributed by atoms with E-state index >= 15 is 0 Å². The largest absolute Gasteiger partial charge is 0.374 e. The molecule has 0 aromatic carbocycles. The van der Waals surface area contributed by atoms with Crippen LogP contribution in [-0.4, -0.2) is 24.8 Å². The molecule has 19 heavy (non-hydrogen) atoms. The topological polar surface area (TPSA) is 21.3 Å². The number of ether oxygens (including phenoxy) is 1. The molecule has 0 spiro atoms. The van der Waals surface area contributed by atoms with Crippen LogP contribution in [0.2, 0.25) is 0 Å². The van der Waals surface area contributed by atoms with Crippen LogP contribution in [0.25, 0.3) is 0 Å². The summed E-state index contributed by atoms with van der Waals surface area (Å²) in [5, 5.41) is 3.77. The van der Waals surface area contributed by atoms with Crippen molar-refractivity contribution in [3.63, 3.8) is 0 Å². The van der Waals surface area contributed by atoms with Gasteiger partial charge in [-0.05, 0) is 57.4 Å². The third kappa shape index (κ3) is 3.72. The fourth-order valence-corrected chi connectivity index (χ4v) is 4.23. The van der Waals surface area contributed by atoms with Gasteiger partial charge in [0.1, 0.15) is 0 Å². The van der Waals surface area contributed by atoms with Gasteiger partial charge < -0.3 is 10.1 Å². The summed E-state index contributed by atoms with van der Waals surface area (Å²) in [6.45, 7) is 8.96. The van der Waals surface area contributed by atoms with Gasteiger partial charge in [0.25, 0.3) is 0 Å². The Kier molecular flexibility index (Phi) is 5.70. The summed E-state index contributed by atoms with van der Waals surface area (Å²) in [4.78, 5) is 0. The molecule has 1 saturated carbocycles. The average Bonchev–Trinajstić information content (AvgIpc) is 2.45. The van der Waals surface area contributed by atoms with Gasteiger partial charge in [-0.25, -0.2) is 0 Å². The molecular weight excluding hydrogens is 234 g/mol. The lowest BCUT2D eigenvalue weighted by molar-refractivity contribution is -0.104. The van der Waals surface area contributed by atoms with Crippen LogP contribution in [0.3, 0.4) is 0 Å². The fourth-order valence-electron chi connectivity index (χ4n) is 4.23. The standard InChI is InChI=1S/C17H33NO/c1-4-14-8-10-15(11-9-14)16(18-5-2)17(3)12-6-7-13-19-17/h14-16,18H,4-13H2,1-3H3. The first-order valence-electron chi connectivity index (χ1n) is 8.57. The second-order valence-electron chi connectivity index (χ2n) is 6.84. The lowest BCUT2D eigenvalue weighted by Crippen LogP contribution is -2.56. The van der Waals surface area contributed by atoms with E-state index < -0.39 is 0 Å². The van der Waals surface area contributed by atoms with Crippen molar-refractivity contribution in [3.8, 4) is 0 Å². The van der Waals surface area contributed by atoms with Crippen molar-refractivity contribution in [2.75, 3.05) is 13.2 Å². The smallest absolute Gasteiger partial charge is 0.0809 e. The summed E-state index contributed by atoms with van der Waals surface area (Å²) in [6, 6.07) is 0.565. The number of likely N-dealkylation sites (N-methyl/N-ethyl adjacent to an activating group) is 1. The molecule has 0 aromatic heterocycles. The van der Waals surface area contributed by atoms with E-state index in [0.29, 0.717) is 6.04 Å².